The monoisotopic (exact) mass is 375 g/mol. The van der Waals surface area contributed by atoms with Crippen LogP contribution in [0.15, 0.2) is 22.5 Å². The van der Waals surface area contributed by atoms with Gasteiger partial charge in [0.05, 0.1) is 33.5 Å². The highest BCUT2D eigenvalue weighted by atomic mass is 32.2. The fourth-order valence-corrected chi connectivity index (χ4v) is 5.48. The average molecular weight is 375 g/mol. The quantitative estimate of drug-likeness (QED) is 0.655. The second-order valence-electron chi connectivity index (χ2n) is 6.40. The number of anilines is 1. The van der Waals surface area contributed by atoms with Crippen molar-refractivity contribution in [2.24, 2.45) is 17.6 Å². The van der Waals surface area contributed by atoms with Crippen LogP contribution in [0, 0.1) is 11.8 Å². The van der Waals surface area contributed by atoms with Gasteiger partial charge in [-0.05, 0) is 31.0 Å². The summed E-state index contributed by atoms with van der Waals surface area (Å²) in [7, 11) is 0. The number of aromatic nitrogens is 1. The Hall–Kier alpha value is -1.93. The molecule has 2 N–H and O–H groups in total. The number of thiazole rings is 1. The van der Waals surface area contributed by atoms with Crippen LogP contribution in [-0.2, 0) is 14.4 Å². The number of hydrogen-bond acceptors (Lipinski definition) is 6. The maximum absolute atomic E-state index is 12.7. The van der Waals surface area contributed by atoms with Gasteiger partial charge in [-0.2, -0.15) is 0 Å². The number of benzene rings is 1. The van der Waals surface area contributed by atoms with Crippen LogP contribution in [-0.4, -0.2) is 28.5 Å². The summed E-state index contributed by atoms with van der Waals surface area (Å²) >= 11 is 2.73. The first-order valence-corrected chi connectivity index (χ1v) is 10.0. The Balaban J connectivity index is 1.64. The molecule has 1 saturated carbocycles. The zero-order valence-corrected chi connectivity index (χ0v) is 15.1. The number of thioether (sulfide) groups is 1. The third-order valence-corrected chi connectivity index (χ3v) is 6.97. The number of hydrogen-bond donors (Lipinski definition) is 1. The van der Waals surface area contributed by atoms with Gasteiger partial charge in [0.1, 0.15) is 0 Å². The Morgan fingerprint density at radius 2 is 1.92 bits per heavy atom. The minimum atomic E-state index is -0.388. The molecule has 0 spiro atoms. The summed E-state index contributed by atoms with van der Waals surface area (Å²) in [4.78, 5) is 42.1. The molecule has 2 atom stereocenters. The minimum absolute atomic E-state index is 0.0677. The zero-order chi connectivity index (χ0) is 17.6. The van der Waals surface area contributed by atoms with E-state index in [1.807, 2.05) is 12.1 Å². The molecule has 2 fully saturated rings. The molecule has 2 aromatic rings. The summed E-state index contributed by atoms with van der Waals surface area (Å²) in [5.74, 6) is -0.649. The number of carbonyl (C=O) groups is 3. The van der Waals surface area contributed by atoms with E-state index in [0.29, 0.717) is 5.69 Å². The molecule has 25 heavy (non-hydrogen) atoms. The zero-order valence-electron chi connectivity index (χ0n) is 13.4. The van der Waals surface area contributed by atoms with Crippen molar-refractivity contribution < 1.29 is 14.4 Å². The number of amides is 3. The van der Waals surface area contributed by atoms with Crippen molar-refractivity contribution in [3.8, 4) is 0 Å². The number of primary amides is 1. The lowest BCUT2D eigenvalue weighted by atomic mass is 9.81. The van der Waals surface area contributed by atoms with E-state index in [4.69, 9.17) is 5.73 Å². The van der Waals surface area contributed by atoms with Gasteiger partial charge in [-0.1, -0.05) is 24.6 Å². The van der Waals surface area contributed by atoms with E-state index < -0.39 is 0 Å². The van der Waals surface area contributed by atoms with E-state index in [0.717, 1.165) is 40.2 Å². The predicted molar refractivity (Wildman–Crippen MR) is 97.5 cm³/mol. The van der Waals surface area contributed by atoms with Crippen molar-refractivity contribution in [2.45, 2.75) is 30.0 Å². The normalized spacial score (nSPS) is 23.3. The lowest BCUT2D eigenvalue weighted by Crippen LogP contribution is -2.30. The number of fused-ring (bicyclic) bond motifs is 2. The Morgan fingerprint density at radius 3 is 2.56 bits per heavy atom. The molecule has 0 radical (unpaired) electrons. The molecule has 4 rings (SSSR count). The highest BCUT2D eigenvalue weighted by Gasteiger charge is 2.48. The van der Waals surface area contributed by atoms with Crippen LogP contribution in [0.3, 0.4) is 0 Å². The summed E-state index contributed by atoms with van der Waals surface area (Å²) < 4.78 is 1.64. The molecule has 1 aliphatic carbocycles. The van der Waals surface area contributed by atoms with Gasteiger partial charge in [0.25, 0.3) is 0 Å². The molecule has 0 unspecified atom stereocenters. The van der Waals surface area contributed by atoms with E-state index in [9.17, 15) is 14.4 Å². The standard InChI is InChI=1S/C17H17N3O3S2/c18-14(21)8-24-17-19-12-6-5-9(7-13(12)25-17)20-15(22)10-3-1-2-4-11(10)16(20)23/h5-7,10-11H,1-4,8H2,(H2,18,21)/t10-,11-/m1/s1. The van der Waals surface area contributed by atoms with Crippen LogP contribution in [0.1, 0.15) is 25.7 Å². The van der Waals surface area contributed by atoms with Crippen LogP contribution in [0.5, 0.6) is 0 Å². The Bertz CT molecular complexity index is 855. The fourth-order valence-electron chi connectivity index (χ4n) is 3.64. The van der Waals surface area contributed by atoms with Gasteiger partial charge in [-0.15, -0.1) is 11.3 Å². The van der Waals surface area contributed by atoms with E-state index in [2.05, 4.69) is 4.98 Å². The largest absolute Gasteiger partial charge is 0.369 e. The fraction of sp³-hybridized carbons (Fsp3) is 0.412. The molecule has 3 amide bonds. The SMILES string of the molecule is NC(=O)CSc1nc2ccc(N3C(=O)[C@@H]4CCCC[C@H]4C3=O)cc2s1. The first-order valence-electron chi connectivity index (χ1n) is 8.24. The number of rotatable bonds is 4. The van der Waals surface area contributed by atoms with Gasteiger partial charge in [0.2, 0.25) is 17.7 Å². The molecule has 1 saturated heterocycles. The summed E-state index contributed by atoms with van der Waals surface area (Å²) in [6.45, 7) is 0. The summed E-state index contributed by atoms with van der Waals surface area (Å²) in [6.07, 6.45) is 3.65. The molecule has 2 heterocycles. The van der Waals surface area contributed by atoms with Crippen LogP contribution in [0.25, 0.3) is 10.2 Å². The average Bonchev–Trinajstić information content (AvgIpc) is 3.12. The van der Waals surface area contributed by atoms with Crippen molar-refractivity contribution in [2.75, 3.05) is 10.7 Å². The first-order chi connectivity index (χ1) is 12.0. The molecule has 1 aromatic carbocycles. The van der Waals surface area contributed by atoms with Crippen LogP contribution in [0.4, 0.5) is 5.69 Å². The van der Waals surface area contributed by atoms with Crippen LogP contribution >= 0.6 is 23.1 Å². The Kier molecular flexibility index (Phi) is 4.24. The predicted octanol–water partition coefficient (Wildman–Crippen LogP) is 2.55. The van der Waals surface area contributed by atoms with Crippen molar-refractivity contribution in [1.82, 2.24) is 4.98 Å². The summed E-state index contributed by atoms with van der Waals surface area (Å²) in [6, 6.07) is 5.43. The number of nitrogens with zero attached hydrogens (tertiary/aromatic N) is 2. The third kappa shape index (κ3) is 2.93. The van der Waals surface area contributed by atoms with Crippen LogP contribution < -0.4 is 10.6 Å². The smallest absolute Gasteiger partial charge is 0.237 e. The van der Waals surface area contributed by atoms with E-state index in [1.165, 1.54) is 28.0 Å². The molecule has 1 aromatic heterocycles. The third-order valence-electron chi connectivity index (χ3n) is 4.79. The number of imide groups is 1. The minimum Gasteiger partial charge on any atom is -0.369 e. The van der Waals surface area contributed by atoms with Crippen LogP contribution in [0.2, 0.25) is 0 Å². The van der Waals surface area contributed by atoms with Gasteiger partial charge in [-0.25, -0.2) is 4.98 Å². The van der Waals surface area contributed by atoms with Gasteiger partial charge >= 0.3 is 0 Å². The molecule has 6 nitrogen and oxygen atoms in total. The van der Waals surface area contributed by atoms with Gasteiger partial charge < -0.3 is 5.73 Å². The van der Waals surface area contributed by atoms with Crippen molar-refractivity contribution >= 4 is 56.7 Å². The first kappa shape index (κ1) is 16.5. The molecule has 1 aliphatic heterocycles. The van der Waals surface area contributed by atoms with Gasteiger partial charge in [-0.3, -0.25) is 19.3 Å². The summed E-state index contributed by atoms with van der Waals surface area (Å²) in [5, 5.41) is 0. The second kappa shape index (κ2) is 6.42. The molecule has 130 valence electrons. The topological polar surface area (TPSA) is 93.4 Å². The molecule has 2 aliphatic rings. The van der Waals surface area contributed by atoms with Gasteiger partial charge in [0, 0.05) is 0 Å². The Morgan fingerprint density at radius 1 is 1.24 bits per heavy atom. The van der Waals surface area contributed by atoms with Crippen molar-refractivity contribution in [1.29, 1.82) is 0 Å². The lowest BCUT2D eigenvalue weighted by molar-refractivity contribution is -0.122. The van der Waals surface area contributed by atoms with Crippen molar-refractivity contribution in [3.05, 3.63) is 18.2 Å². The van der Waals surface area contributed by atoms with E-state index >= 15 is 0 Å². The summed E-state index contributed by atoms with van der Waals surface area (Å²) in [5.41, 5.74) is 6.57. The van der Waals surface area contributed by atoms with Crippen molar-refractivity contribution in [3.63, 3.8) is 0 Å². The maximum atomic E-state index is 12.7. The molecule has 0 bridgehead atoms. The molecule has 8 heteroatoms. The Labute approximate surface area is 152 Å². The van der Waals surface area contributed by atoms with E-state index in [1.54, 1.807) is 6.07 Å². The lowest BCUT2D eigenvalue weighted by Gasteiger charge is -2.19. The molecular formula is C17H17N3O3S2. The highest BCUT2D eigenvalue weighted by Crippen LogP contribution is 2.41. The van der Waals surface area contributed by atoms with Gasteiger partial charge in [0.15, 0.2) is 4.34 Å². The number of nitrogens with two attached hydrogens (primary N) is 1. The van der Waals surface area contributed by atoms with E-state index in [-0.39, 0.29) is 35.3 Å². The highest BCUT2D eigenvalue weighted by molar-refractivity contribution is 8.01. The maximum Gasteiger partial charge on any atom is 0.237 e. The molecular weight excluding hydrogens is 358 g/mol. The second-order valence-corrected chi connectivity index (χ2v) is 8.65. The number of carbonyl (C=O) groups excluding carboxylic acids is 3.